The molecule has 0 bridgehead atoms. The van der Waals surface area contributed by atoms with E-state index in [1.54, 1.807) is 38.3 Å². The van der Waals surface area contributed by atoms with Gasteiger partial charge in [-0.25, -0.2) is 0 Å². The lowest BCUT2D eigenvalue weighted by atomic mass is 10.0. The molecule has 0 heterocycles. The van der Waals surface area contributed by atoms with Crippen LogP contribution in [0.15, 0.2) is 24.3 Å². The SMILES string of the molecule is CCC(C)(O)CNC(=O)c1cccc(OC)c1. The van der Waals surface area contributed by atoms with Crippen molar-refractivity contribution in [1.82, 2.24) is 5.32 Å². The third-order valence-corrected chi connectivity index (χ3v) is 2.72. The maximum atomic E-state index is 11.8. The topological polar surface area (TPSA) is 58.6 Å². The van der Waals surface area contributed by atoms with Crippen LogP contribution in [0.25, 0.3) is 0 Å². The van der Waals surface area contributed by atoms with Gasteiger partial charge in [-0.1, -0.05) is 13.0 Å². The fourth-order valence-electron chi connectivity index (χ4n) is 1.26. The van der Waals surface area contributed by atoms with Gasteiger partial charge in [0.05, 0.1) is 12.7 Å². The van der Waals surface area contributed by atoms with Gasteiger partial charge in [-0.3, -0.25) is 4.79 Å². The van der Waals surface area contributed by atoms with Gasteiger partial charge in [0.1, 0.15) is 5.75 Å². The van der Waals surface area contributed by atoms with Gasteiger partial charge in [0.25, 0.3) is 5.91 Å². The molecule has 1 rings (SSSR count). The van der Waals surface area contributed by atoms with Crippen LogP contribution in [0.3, 0.4) is 0 Å². The predicted octanol–water partition coefficient (Wildman–Crippen LogP) is 1.59. The molecule has 0 spiro atoms. The number of methoxy groups -OCH3 is 1. The van der Waals surface area contributed by atoms with E-state index in [2.05, 4.69) is 5.32 Å². The largest absolute Gasteiger partial charge is 0.497 e. The van der Waals surface area contributed by atoms with Crippen LogP contribution in [0.4, 0.5) is 0 Å². The van der Waals surface area contributed by atoms with E-state index >= 15 is 0 Å². The molecule has 0 aliphatic rings. The van der Waals surface area contributed by atoms with Crippen LogP contribution >= 0.6 is 0 Å². The Bertz CT molecular complexity index is 388. The standard InChI is InChI=1S/C13H19NO3/c1-4-13(2,16)9-14-12(15)10-6-5-7-11(8-10)17-3/h5-8,16H,4,9H2,1-3H3,(H,14,15). The van der Waals surface area contributed by atoms with Crippen molar-refractivity contribution >= 4 is 5.91 Å². The average Bonchev–Trinajstić information content (AvgIpc) is 2.36. The molecule has 0 saturated carbocycles. The Morgan fingerprint density at radius 1 is 1.53 bits per heavy atom. The second-order valence-corrected chi connectivity index (χ2v) is 4.27. The summed E-state index contributed by atoms with van der Waals surface area (Å²) in [7, 11) is 1.55. The summed E-state index contributed by atoms with van der Waals surface area (Å²) in [5, 5.41) is 12.5. The van der Waals surface area contributed by atoms with Crippen molar-refractivity contribution in [2.24, 2.45) is 0 Å². The molecule has 0 aliphatic carbocycles. The van der Waals surface area contributed by atoms with Crippen molar-refractivity contribution in [3.63, 3.8) is 0 Å². The lowest BCUT2D eigenvalue weighted by molar-refractivity contribution is 0.0518. The fourth-order valence-corrected chi connectivity index (χ4v) is 1.26. The first-order valence-corrected chi connectivity index (χ1v) is 5.63. The van der Waals surface area contributed by atoms with Crippen LogP contribution in [0, 0.1) is 0 Å². The number of benzene rings is 1. The molecule has 94 valence electrons. The Balaban J connectivity index is 2.64. The van der Waals surface area contributed by atoms with Gasteiger partial charge in [-0.15, -0.1) is 0 Å². The van der Waals surface area contributed by atoms with Crippen LogP contribution in [0.2, 0.25) is 0 Å². The van der Waals surface area contributed by atoms with E-state index in [4.69, 9.17) is 4.74 Å². The Kier molecular flexibility index (Phi) is 4.52. The smallest absolute Gasteiger partial charge is 0.251 e. The first-order valence-electron chi connectivity index (χ1n) is 5.63. The van der Waals surface area contributed by atoms with Crippen molar-refractivity contribution < 1.29 is 14.6 Å². The molecule has 1 amide bonds. The van der Waals surface area contributed by atoms with Gasteiger partial charge in [-0.2, -0.15) is 0 Å². The van der Waals surface area contributed by atoms with Crippen LogP contribution in [-0.4, -0.2) is 30.3 Å². The van der Waals surface area contributed by atoms with Crippen LogP contribution in [0.5, 0.6) is 5.75 Å². The molecule has 0 aliphatic heterocycles. The molecule has 0 saturated heterocycles. The van der Waals surface area contributed by atoms with E-state index in [1.807, 2.05) is 6.92 Å². The van der Waals surface area contributed by atoms with Gasteiger partial charge in [0.15, 0.2) is 0 Å². The minimum Gasteiger partial charge on any atom is -0.497 e. The Hall–Kier alpha value is -1.55. The number of hydrogen-bond acceptors (Lipinski definition) is 3. The highest BCUT2D eigenvalue weighted by Gasteiger charge is 2.18. The first kappa shape index (κ1) is 13.5. The van der Waals surface area contributed by atoms with Gasteiger partial charge in [0.2, 0.25) is 0 Å². The monoisotopic (exact) mass is 237 g/mol. The van der Waals surface area contributed by atoms with Gasteiger partial charge in [0, 0.05) is 12.1 Å². The lowest BCUT2D eigenvalue weighted by Gasteiger charge is -2.21. The molecule has 17 heavy (non-hydrogen) atoms. The third kappa shape index (κ3) is 4.07. The summed E-state index contributed by atoms with van der Waals surface area (Å²) in [4.78, 5) is 11.8. The minimum atomic E-state index is -0.867. The van der Waals surface area contributed by atoms with Crippen molar-refractivity contribution in [3.8, 4) is 5.75 Å². The maximum Gasteiger partial charge on any atom is 0.251 e. The highest BCUT2D eigenvalue weighted by atomic mass is 16.5. The zero-order chi connectivity index (χ0) is 12.9. The summed E-state index contributed by atoms with van der Waals surface area (Å²) in [6.45, 7) is 3.80. The predicted molar refractivity (Wildman–Crippen MR) is 66.2 cm³/mol. The van der Waals surface area contributed by atoms with E-state index in [9.17, 15) is 9.90 Å². The number of hydrogen-bond donors (Lipinski definition) is 2. The van der Waals surface area contributed by atoms with E-state index in [0.717, 1.165) is 0 Å². The van der Waals surface area contributed by atoms with Crippen molar-refractivity contribution in [1.29, 1.82) is 0 Å². The van der Waals surface area contributed by atoms with E-state index in [1.165, 1.54) is 0 Å². The van der Waals surface area contributed by atoms with Crippen molar-refractivity contribution in [2.45, 2.75) is 25.9 Å². The molecular weight excluding hydrogens is 218 g/mol. The number of amides is 1. The Labute approximate surface area is 102 Å². The van der Waals surface area contributed by atoms with Gasteiger partial charge >= 0.3 is 0 Å². The molecule has 1 aromatic rings. The number of nitrogens with one attached hydrogen (secondary N) is 1. The quantitative estimate of drug-likeness (QED) is 0.817. The zero-order valence-electron chi connectivity index (χ0n) is 10.5. The summed E-state index contributed by atoms with van der Waals surface area (Å²) in [5.74, 6) is 0.428. The Morgan fingerprint density at radius 3 is 2.82 bits per heavy atom. The van der Waals surface area contributed by atoms with Crippen molar-refractivity contribution in [2.75, 3.05) is 13.7 Å². The number of carbonyl (C=O) groups is 1. The number of carbonyl (C=O) groups excluding carboxylic acids is 1. The summed E-state index contributed by atoms with van der Waals surface area (Å²) in [6.07, 6.45) is 0.589. The molecule has 2 N–H and O–H groups in total. The molecular formula is C13H19NO3. The minimum absolute atomic E-state index is 0.211. The second kappa shape index (κ2) is 5.68. The fraction of sp³-hybridized carbons (Fsp3) is 0.462. The molecule has 4 nitrogen and oxygen atoms in total. The van der Waals surface area contributed by atoms with Crippen LogP contribution in [-0.2, 0) is 0 Å². The van der Waals surface area contributed by atoms with E-state index in [-0.39, 0.29) is 12.5 Å². The summed E-state index contributed by atoms with van der Waals surface area (Å²) in [6, 6.07) is 6.90. The highest BCUT2D eigenvalue weighted by Crippen LogP contribution is 2.13. The molecule has 0 aromatic heterocycles. The molecule has 1 unspecified atom stereocenters. The third-order valence-electron chi connectivity index (χ3n) is 2.72. The van der Waals surface area contributed by atoms with E-state index < -0.39 is 5.60 Å². The average molecular weight is 237 g/mol. The van der Waals surface area contributed by atoms with Gasteiger partial charge in [-0.05, 0) is 31.5 Å². The molecule has 1 aromatic carbocycles. The summed E-state index contributed by atoms with van der Waals surface area (Å²) < 4.78 is 5.04. The highest BCUT2D eigenvalue weighted by molar-refractivity contribution is 5.94. The Morgan fingerprint density at radius 2 is 2.24 bits per heavy atom. The summed E-state index contributed by atoms with van der Waals surface area (Å²) >= 11 is 0. The number of rotatable bonds is 5. The molecule has 1 atom stereocenters. The first-order chi connectivity index (χ1) is 7.98. The molecule has 0 radical (unpaired) electrons. The summed E-state index contributed by atoms with van der Waals surface area (Å²) in [5.41, 5.74) is -0.342. The van der Waals surface area contributed by atoms with Crippen molar-refractivity contribution in [3.05, 3.63) is 29.8 Å². The lowest BCUT2D eigenvalue weighted by Crippen LogP contribution is -2.40. The van der Waals surface area contributed by atoms with E-state index in [0.29, 0.717) is 17.7 Å². The maximum absolute atomic E-state index is 11.8. The molecule has 0 fully saturated rings. The number of ether oxygens (including phenoxy) is 1. The van der Waals surface area contributed by atoms with Crippen LogP contribution in [0.1, 0.15) is 30.6 Å². The number of aliphatic hydroxyl groups is 1. The van der Waals surface area contributed by atoms with Crippen LogP contribution < -0.4 is 10.1 Å². The normalized spacial score (nSPS) is 13.9. The second-order valence-electron chi connectivity index (χ2n) is 4.27. The molecule has 4 heteroatoms. The van der Waals surface area contributed by atoms with Gasteiger partial charge < -0.3 is 15.2 Å². The zero-order valence-corrected chi connectivity index (χ0v) is 10.5.